The summed E-state index contributed by atoms with van der Waals surface area (Å²) < 4.78 is 55.7. The Labute approximate surface area is 168 Å². The lowest BCUT2D eigenvalue weighted by atomic mass is 10.8. The first-order valence-electron chi connectivity index (χ1n) is 8.70. The predicted octanol–water partition coefficient (Wildman–Crippen LogP) is 3.70. The summed E-state index contributed by atoms with van der Waals surface area (Å²) >= 11 is 0. The zero-order valence-electron chi connectivity index (χ0n) is 17.1. The fourth-order valence-electron chi connectivity index (χ4n) is 1.55. The quantitative estimate of drug-likeness (QED) is 0.185. The highest BCUT2D eigenvalue weighted by Gasteiger charge is 2.37. The van der Waals surface area contributed by atoms with Gasteiger partial charge in [0, 0.05) is 0 Å². The summed E-state index contributed by atoms with van der Waals surface area (Å²) in [5.74, 6) is 0. The molecule has 0 saturated carbocycles. The van der Waals surface area contributed by atoms with Crippen molar-refractivity contribution < 1.29 is 60.9 Å². The Bertz CT molecular complexity index is 490. The van der Waals surface area contributed by atoms with Crippen molar-refractivity contribution >= 4 is 26.3 Å². The van der Waals surface area contributed by atoms with Crippen molar-refractivity contribution in [3.05, 3.63) is 0 Å². The molecule has 0 bridgehead atoms. The van der Waals surface area contributed by atoms with Gasteiger partial charge < -0.3 is 28.4 Å². The molecule has 0 N–H and O–H groups in total. The highest BCUT2D eigenvalue weighted by molar-refractivity contribution is 7.48. The largest absolute Gasteiger partial charge is 0.510 e. The second-order valence-electron chi connectivity index (χ2n) is 4.87. The second kappa shape index (κ2) is 14.0. The van der Waals surface area contributed by atoms with Crippen LogP contribution in [0.2, 0.25) is 0 Å². The van der Waals surface area contributed by atoms with Gasteiger partial charge in [-0.3, -0.25) is 0 Å². The molecule has 14 heteroatoms. The van der Waals surface area contributed by atoms with Crippen LogP contribution < -0.4 is 0 Å². The predicted molar refractivity (Wildman–Crippen MR) is 93.6 cm³/mol. The molecule has 0 aromatic carbocycles. The molecule has 0 amide bonds. The van der Waals surface area contributed by atoms with E-state index in [1.54, 1.807) is 20.8 Å². The molecule has 13 nitrogen and oxygen atoms in total. The van der Waals surface area contributed by atoms with Gasteiger partial charge in [-0.05, 0) is 41.5 Å². The molecular formula is C15H27O13P. The van der Waals surface area contributed by atoms with Crippen LogP contribution in [0.1, 0.15) is 41.5 Å². The van der Waals surface area contributed by atoms with E-state index in [1.165, 1.54) is 20.8 Å². The molecule has 0 aromatic heterocycles. The summed E-state index contributed by atoms with van der Waals surface area (Å²) in [5.41, 5.74) is 0. The Kier molecular flexibility index (Phi) is 13.0. The maximum atomic E-state index is 12.9. The van der Waals surface area contributed by atoms with Crippen molar-refractivity contribution in [2.45, 2.75) is 60.4 Å². The first-order chi connectivity index (χ1) is 13.5. The van der Waals surface area contributed by atoms with Gasteiger partial charge in [-0.25, -0.2) is 32.5 Å². The third-order valence-electron chi connectivity index (χ3n) is 2.41. The Morgan fingerprint density at radius 2 is 0.862 bits per heavy atom. The highest BCUT2D eigenvalue weighted by atomic mass is 31.2. The van der Waals surface area contributed by atoms with Crippen LogP contribution in [-0.4, -0.2) is 57.2 Å². The second-order valence-corrected chi connectivity index (χ2v) is 6.40. The number of carbonyl (C=O) groups is 3. The number of hydrogen-bond acceptors (Lipinski definition) is 13. The van der Waals surface area contributed by atoms with Crippen LogP contribution >= 0.6 is 7.82 Å². The summed E-state index contributed by atoms with van der Waals surface area (Å²) in [6.45, 7) is 8.34. The standard InChI is InChI=1S/C15H27O13P/c1-7-20-13(16)23-10(4)26-29(19,27-11(5)24-14(17)21-8-2)28-12(6)25-15(18)22-9-3/h10-12H,7-9H2,1-6H3. The van der Waals surface area contributed by atoms with Gasteiger partial charge in [0.15, 0.2) is 0 Å². The van der Waals surface area contributed by atoms with Crippen molar-refractivity contribution in [3.63, 3.8) is 0 Å². The van der Waals surface area contributed by atoms with Gasteiger partial charge in [-0.1, -0.05) is 0 Å². The van der Waals surface area contributed by atoms with Gasteiger partial charge in [0.2, 0.25) is 18.9 Å². The maximum Gasteiger partial charge on any atom is 0.510 e. The lowest BCUT2D eigenvalue weighted by Gasteiger charge is -2.25. The molecule has 0 rings (SSSR count). The van der Waals surface area contributed by atoms with Crippen LogP contribution in [0.4, 0.5) is 14.4 Å². The van der Waals surface area contributed by atoms with Crippen LogP contribution in [-0.2, 0) is 46.6 Å². The Hall–Kier alpha value is -2.08. The average Bonchev–Trinajstić information content (AvgIpc) is 2.53. The maximum absolute atomic E-state index is 12.9. The van der Waals surface area contributed by atoms with E-state index in [0.29, 0.717) is 0 Å². The molecule has 0 saturated heterocycles. The van der Waals surface area contributed by atoms with Gasteiger partial charge >= 0.3 is 26.3 Å². The van der Waals surface area contributed by atoms with E-state index in [0.717, 1.165) is 0 Å². The molecule has 0 radical (unpaired) electrons. The number of phosphoric ester groups is 1. The first kappa shape index (κ1) is 26.9. The average molecular weight is 446 g/mol. The molecule has 0 spiro atoms. The van der Waals surface area contributed by atoms with Crippen molar-refractivity contribution in [2.24, 2.45) is 0 Å². The molecule has 0 fully saturated rings. The van der Waals surface area contributed by atoms with Gasteiger partial charge in [0.25, 0.3) is 0 Å². The molecule has 0 heterocycles. The van der Waals surface area contributed by atoms with Crippen LogP contribution in [0.15, 0.2) is 0 Å². The Morgan fingerprint density at radius 1 is 0.621 bits per heavy atom. The molecular weight excluding hydrogens is 419 g/mol. The smallest absolute Gasteiger partial charge is 0.435 e. The fraction of sp³-hybridized carbons (Fsp3) is 0.800. The zero-order valence-corrected chi connectivity index (χ0v) is 18.0. The van der Waals surface area contributed by atoms with Crippen LogP contribution in [0.25, 0.3) is 0 Å². The van der Waals surface area contributed by atoms with E-state index in [9.17, 15) is 18.9 Å². The van der Waals surface area contributed by atoms with Crippen molar-refractivity contribution in [3.8, 4) is 0 Å². The SMILES string of the molecule is CCOC(=O)OC(C)OP(=O)(OC(C)OC(=O)OCC)OC(C)OC(=O)OCC. The molecule has 3 atom stereocenters. The highest BCUT2D eigenvalue weighted by Crippen LogP contribution is 2.53. The Balaban J connectivity index is 5.13. The third kappa shape index (κ3) is 12.9. The number of phosphoric acid groups is 1. The minimum atomic E-state index is -4.61. The van der Waals surface area contributed by atoms with E-state index in [-0.39, 0.29) is 19.8 Å². The van der Waals surface area contributed by atoms with Gasteiger partial charge in [0.1, 0.15) is 0 Å². The molecule has 0 aromatic rings. The van der Waals surface area contributed by atoms with Gasteiger partial charge in [-0.15, -0.1) is 0 Å². The van der Waals surface area contributed by atoms with Crippen molar-refractivity contribution in [1.82, 2.24) is 0 Å². The topological polar surface area (TPSA) is 151 Å². The molecule has 0 aliphatic heterocycles. The van der Waals surface area contributed by atoms with Crippen molar-refractivity contribution in [1.29, 1.82) is 0 Å². The molecule has 29 heavy (non-hydrogen) atoms. The summed E-state index contributed by atoms with van der Waals surface area (Å²) in [6.07, 6.45) is -7.70. The van der Waals surface area contributed by atoms with Gasteiger partial charge in [0.05, 0.1) is 19.8 Å². The van der Waals surface area contributed by atoms with Crippen molar-refractivity contribution in [2.75, 3.05) is 19.8 Å². The lowest BCUT2D eigenvalue weighted by molar-refractivity contribution is -0.125. The molecule has 3 unspecified atom stereocenters. The fourth-order valence-corrected chi connectivity index (χ4v) is 2.92. The van der Waals surface area contributed by atoms with E-state index >= 15 is 0 Å². The summed E-state index contributed by atoms with van der Waals surface area (Å²) in [7, 11) is -4.61. The first-order valence-corrected chi connectivity index (χ1v) is 10.2. The van der Waals surface area contributed by atoms with Crippen LogP contribution in [0.3, 0.4) is 0 Å². The van der Waals surface area contributed by atoms with Crippen LogP contribution in [0.5, 0.6) is 0 Å². The summed E-state index contributed by atoms with van der Waals surface area (Å²) in [5, 5.41) is 0. The summed E-state index contributed by atoms with van der Waals surface area (Å²) in [4.78, 5) is 34.1. The molecule has 0 aliphatic carbocycles. The normalized spacial score (nSPS) is 15.8. The minimum Gasteiger partial charge on any atom is -0.435 e. The third-order valence-corrected chi connectivity index (χ3v) is 4.07. The number of hydrogen-bond donors (Lipinski definition) is 0. The number of ether oxygens (including phenoxy) is 6. The van der Waals surface area contributed by atoms with E-state index in [4.69, 9.17) is 27.8 Å². The van der Waals surface area contributed by atoms with E-state index in [2.05, 4.69) is 14.2 Å². The van der Waals surface area contributed by atoms with E-state index < -0.39 is 45.2 Å². The van der Waals surface area contributed by atoms with E-state index in [1.807, 2.05) is 0 Å². The minimum absolute atomic E-state index is 0.0328. The summed E-state index contributed by atoms with van der Waals surface area (Å²) in [6, 6.07) is 0. The van der Waals surface area contributed by atoms with Gasteiger partial charge in [-0.2, -0.15) is 0 Å². The Morgan fingerprint density at radius 3 is 1.07 bits per heavy atom. The van der Waals surface area contributed by atoms with Crippen LogP contribution in [0, 0.1) is 0 Å². The monoisotopic (exact) mass is 446 g/mol. The molecule has 170 valence electrons. The molecule has 0 aliphatic rings. The lowest BCUT2D eigenvalue weighted by Crippen LogP contribution is -2.25. The number of carbonyl (C=O) groups excluding carboxylic acids is 3. The number of rotatable bonds is 12. The zero-order chi connectivity index (χ0) is 22.4.